The molecule has 2 unspecified atom stereocenters. The second-order valence-corrected chi connectivity index (χ2v) is 30.1. The lowest BCUT2D eigenvalue weighted by atomic mass is 10.0. The molecular formula is C90H156NO8P. The van der Waals surface area contributed by atoms with Gasteiger partial charge in [0.05, 0.1) is 27.7 Å². The van der Waals surface area contributed by atoms with Gasteiger partial charge < -0.3 is 27.9 Å². The van der Waals surface area contributed by atoms with Crippen LogP contribution in [0.5, 0.6) is 0 Å². The molecular weight excluding hydrogens is 1250 g/mol. The van der Waals surface area contributed by atoms with E-state index in [1.807, 2.05) is 21.1 Å². The maximum atomic E-state index is 12.9. The Bertz CT molecular complexity index is 2210. The molecule has 0 saturated carbocycles. The first-order chi connectivity index (χ1) is 49.0. The molecule has 0 aromatic rings. The van der Waals surface area contributed by atoms with Gasteiger partial charge in [-0.15, -0.1) is 0 Å². The van der Waals surface area contributed by atoms with Crippen LogP contribution in [-0.2, 0) is 32.7 Å². The van der Waals surface area contributed by atoms with Crippen molar-refractivity contribution in [2.75, 3.05) is 47.5 Å². The molecule has 0 amide bonds. The summed E-state index contributed by atoms with van der Waals surface area (Å²) in [6.45, 7) is 4.04. The van der Waals surface area contributed by atoms with E-state index in [1.54, 1.807) is 0 Å². The van der Waals surface area contributed by atoms with Gasteiger partial charge in [-0.3, -0.25) is 14.2 Å². The van der Waals surface area contributed by atoms with Crippen molar-refractivity contribution in [1.82, 2.24) is 0 Å². The fourth-order valence-corrected chi connectivity index (χ4v) is 12.3. The third-order valence-electron chi connectivity index (χ3n) is 17.9. The zero-order chi connectivity index (χ0) is 72.5. The Morgan fingerprint density at radius 2 is 0.540 bits per heavy atom. The zero-order valence-corrected chi connectivity index (χ0v) is 66.5. The van der Waals surface area contributed by atoms with Gasteiger partial charge in [-0.1, -0.05) is 378 Å². The number of unbranched alkanes of at least 4 members (excludes halogenated alkanes) is 38. The predicted molar refractivity (Wildman–Crippen MR) is 434 cm³/mol. The molecule has 0 aliphatic carbocycles. The van der Waals surface area contributed by atoms with Crippen molar-refractivity contribution in [3.63, 3.8) is 0 Å². The first kappa shape index (κ1) is 95.9. The largest absolute Gasteiger partial charge is 0.756 e. The van der Waals surface area contributed by atoms with E-state index in [0.29, 0.717) is 17.4 Å². The van der Waals surface area contributed by atoms with Crippen LogP contribution in [0.1, 0.15) is 361 Å². The van der Waals surface area contributed by atoms with Crippen molar-refractivity contribution >= 4 is 19.8 Å². The standard InChI is InChI=1S/C90H156NO8P/c1-6-8-10-12-14-16-18-20-22-24-26-28-30-32-34-36-38-40-42-43-44-45-46-47-49-50-52-54-56-58-60-62-64-66-68-70-72-74-76-78-80-82-89(92)96-86-88(87-98-100(94,95)97-85-84-91(3,4)5)99-90(93)83-81-79-77-75-73-71-69-67-65-63-61-59-57-55-53-51-48-41-39-37-35-33-31-29-27-25-23-21-19-17-15-13-11-9-7-2/h8-11,14-17,20-23,26-29,32-35,39,41,51,53,88H,6-7,12-13,18-19,24-25,30-31,36-38,40,42-50,52,54-87H2,1-5H3/b10-8-,11-9-,16-14-,17-15-,22-20-,23-21-,28-26-,29-27-,34-32-,35-33-,41-39-,53-51-. The number of rotatable bonds is 76. The first-order valence-electron chi connectivity index (χ1n) is 41.5. The molecule has 0 aliphatic rings. The van der Waals surface area contributed by atoms with Gasteiger partial charge in [0.25, 0.3) is 7.82 Å². The van der Waals surface area contributed by atoms with Crippen molar-refractivity contribution in [3.8, 4) is 0 Å². The summed E-state index contributed by atoms with van der Waals surface area (Å²) < 4.78 is 34.4. The number of quaternary nitrogens is 1. The van der Waals surface area contributed by atoms with Crippen LogP contribution in [0, 0.1) is 0 Å². The van der Waals surface area contributed by atoms with E-state index in [1.165, 1.54) is 212 Å². The minimum Gasteiger partial charge on any atom is -0.756 e. The summed E-state index contributed by atoms with van der Waals surface area (Å²) in [6.07, 6.45) is 117. The second kappa shape index (κ2) is 79.0. The Morgan fingerprint density at radius 1 is 0.310 bits per heavy atom. The van der Waals surface area contributed by atoms with Crippen molar-refractivity contribution in [3.05, 3.63) is 146 Å². The van der Waals surface area contributed by atoms with Gasteiger partial charge in [0, 0.05) is 12.8 Å². The van der Waals surface area contributed by atoms with Crippen molar-refractivity contribution in [2.24, 2.45) is 0 Å². The van der Waals surface area contributed by atoms with Crippen LogP contribution in [0.2, 0.25) is 0 Å². The lowest BCUT2D eigenvalue weighted by Crippen LogP contribution is -2.37. The number of phosphoric ester groups is 1. The average molecular weight is 1410 g/mol. The maximum Gasteiger partial charge on any atom is 0.306 e. The van der Waals surface area contributed by atoms with E-state index in [-0.39, 0.29) is 32.0 Å². The van der Waals surface area contributed by atoms with Crippen LogP contribution in [0.25, 0.3) is 0 Å². The monoisotopic (exact) mass is 1410 g/mol. The smallest absolute Gasteiger partial charge is 0.306 e. The average Bonchev–Trinajstić information content (AvgIpc) is 1.65. The Kier molecular flexibility index (Phi) is 75.8. The molecule has 0 heterocycles. The Labute approximate surface area is 618 Å². The number of hydrogen-bond donors (Lipinski definition) is 0. The second-order valence-electron chi connectivity index (χ2n) is 28.7. The Hall–Kier alpha value is -4.11. The molecule has 574 valence electrons. The number of carbonyl (C=O) groups is 2. The third-order valence-corrected chi connectivity index (χ3v) is 18.8. The summed E-state index contributed by atoms with van der Waals surface area (Å²) in [7, 11) is 1.17. The normalized spacial score (nSPS) is 13.8. The van der Waals surface area contributed by atoms with E-state index in [9.17, 15) is 19.0 Å². The topological polar surface area (TPSA) is 111 Å². The maximum absolute atomic E-state index is 12.9. The molecule has 0 aromatic heterocycles. The lowest BCUT2D eigenvalue weighted by Gasteiger charge is -2.28. The number of hydrogen-bond acceptors (Lipinski definition) is 8. The molecule has 0 saturated heterocycles. The van der Waals surface area contributed by atoms with Crippen LogP contribution in [0.4, 0.5) is 0 Å². The number of likely N-dealkylation sites (N-methyl/N-ethyl adjacent to an activating group) is 1. The van der Waals surface area contributed by atoms with Gasteiger partial charge >= 0.3 is 11.9 Å². The molecule has 10 heteroatoms. The van der Waals surface area contributed by atoms with Crippen LogP contribution < -0.4 is 4.89 Å². The summed E-state index contributed by atoms with van der Waals surface area (Å²) in [5.41, 5.74) is 0. The lowest BCUT2D eigenvalue weighted by molar-refractivity contribution is -0.870. The number of phosphoric acid groups is 1. The van der Waals surface area contributed by atoms with Gasteiger partial charge in [-0.05, 0) is 116 Å². The highest BCUT2D eigenvalue weighted by Crippen LogP contribution is 2.38. The van der Waals surface area contributed by atoms with E-state index in [0.717, 1.165) is 116 Å². The van der Waals surface area contributed by atoms with E-state index in [4.69, 9.17) is 18.5 Å². The molecule has 0 bridgehead atoms. The minimum atomic E-state index is -4.65. The molecule has 9 nitrogen and oxygen atoms in total. The Balaban J connectivity index is 3.94. The SMILES string of the molecule is CC/C=C\C/C=C\C/C=C\C/C=C\C/C=C\C/C=C\C/C=C\CCCCCCCCCCCCCCCC(=O)OC(COC(=O)CCCCCCCCCCCCCCCCCCCCCCCCCCC/C=C\C/C=C\C/C=C\C/C=C\C/C=C\CC)COP(=O)([O-])OCC[N+](C)(C)C. The van der Waals surface area contributed by atoms with Crippen LogP contribution >= 0.6 is 7.82 Å². The van der Waals surface area contributed by atoms with Gasteiger partial charge in [0.15, 0.2) is 6.10 Å². The van der Waals surface area contributed by atoms with Crippen LogP contribution in [-0.4, -0.2) is 70.0 Å². The highest BCUT2D eigenvalue weighted by Gasteiger charge is 2.22. The molecule has 0 fully saturated rings. The fraction of sp³-hybridized carbons (Fsp3) is 0.711. The molecule has 0 rings (SSSR count). The van der Waals surface area contributed by atoms with Gasteiger partial charge in [-0.2, -0.15) is 0 Å². The summed E-state index contributed by atoms with van der Waals surface area (Å²) >= 11 is 0. The first-order valence-corrected chi connectivity index (χ1v) is 43.0. The number of nitrogens with zero attached hydrogens (tertiary/aromatic N) is 1. The van der Waals surface area contributed by atoms with E-state index >= 15 is 0 Å². The Morgan fingerprint density at radius 3 is 0.800 bits per heavy atom. The van der Waals surface area contributed by atoms with Gasteiger partial charge in [0.1, 0.15) is 19.8 Å². The summed E-state index contributed by atoms with van der Waals surface area (Å²) in [5, 5.41) is 0. The molecule has 0 spiro atoms. The van der Waals surface area contributed by atoms with Gasteiger partial charge in [-0.25, -0.2) is 0 Å². The van der Waals surface area contributed by atoms with Crippen LogP contribution in [0.3, 0.4) is 0 Å². The van der Waals surface area contributed by atoms with Crippen LogP contribution in [0.15, 0.2) is 146 Å². The van der Waals surface area contributed by atoms with E-state index in [2.05, 4.69) is 160 Å². The molecule has 0 radical (unpaired) electrons. The quantitative estimate of drug-likeness (QED) is 0.0195. The number of esters is 2. The number of ether oxygens (including phenoxy) is 2. The van der Waals surface area contributed by atoms with E-state index < -0.39 is 26.5 Å². The van der Waals surface area contributed by atoms with Crippen molar-refractivity contribution in [2.45, 2.75) is 367 Å². The molecule has 2 atom stereocenters. The predicted octanol–water partition coefficient (Wildman–Crippen LogP) is 27.4. The summed E-state index contributed by atoms with van der Waals surface area (Å²) in [5.74, 6) is -0.825. The summed E-state index contributed by atoms with van der Waals surface area (Å²) in [6, 6.07) is 0. The molecule has 0 N–H and O–H groups in total. The zero-order valence-electron chi connectivity index (χ0n) is 65.6. The molecule has 0 aliphatic heterocycles. The van der Waals surface area contributed by atoms with Gasteiger partial charge in [0.2, 0.25) is 0 Å². The molecule has 100 heavy (non-hydrogen) atoms. The summed E-state index contributed by atoms with van der Waals surface area (Å²) in [4.78, 5) is 38.2. The minimum absolute atomic E-state index is 0.0341. The van der Waals surface area contributed by atoms with Crippen molar-refractivity contribution < 1.29 is 42.1 Å². The highest BCUT2D eigenvalue weighted by atomic mass is 31.2. The fourth-order valence-electron chi connectivity index (χ4n) is 11.6. The molecule has 0 aromatic carbocycles. The third kappa shape index (κ3) is 82.8. The van der Waals surface area contributed by atoms with Crippen molar-refractivity contribution in [1.29, 1.82) is 0 Å². The number of carbonyl (C=O) groups excluding carboxylic acids is 2. The highest BCUT2D eigenvalue weighted by molar-refractivity contribution is 7.45. The number of allylic oxidation sites excluding steroid dienone is 24.